The topological polar surface area (TPSA) is 111 Å². The van der Waals surface area contributed by atoms with Crippen molar-refractivity contribution < 1.29 is 42.9 Å². The third-order valence-electron chi connectivity index (χ3n) is 13.5. The molecule has 0 amide bonds. The molecule has 0 heterocycles. The van der Waals surface area contributed by atoms with Gasteiger partial charge in [0.05, 0.1) is 40.3 Å². The second kappa shape index (κ2) is 52.4. The van der Waals surface area contributed by atoms with Gasteiger partial charge in [-0.1, -0.05) is 257 Å². The largest absolute Gasteiger partial charge is 0.545 e. The molecule has 69 heavy (non-hydrogen) atoms. The average molecular weight is 979 g/mol. The summed E-state index contributed by atoms with van der Waals surface area (Å²) in [6, 6.07) is 0. The van der Waals surface area contributed by atoms with Gasteiger partial charge in [-0.25, -0.2) is 0 Å². The lowest BCUT2D eigenvalue weighted by molar-refractivity contribution is -0.870. The Balaban J connectivity index is 4.18. The number of carboxylic acids is 1. The first kappa shape index (κ1) is 67.0. The molecule has 0 aliphatic carbocycles. The molecule has 408 valence electrons. The van der Waals surface area contributed by atoms with Gasteiger partial charge in [-0.05, 0) is 38.5 Å². The fourth-order valence-corrected chi connectivity index (χ4v) is 8.89. The molecule has 0 aromatic carbocycles. The molecule has 0 aromatic rings. The third kappa shape index (κ3) is 53.7. The molecule has 0 aromatic heterocycles. The zero-order chi connectivity index (χ0) is 50.6. The lowest BCUT2D eigenvalue weighted by atomic mass is 10.0. The molecular formula is C60H115NO8. The number of aliphatic carboxylic acids is 1. The van der Waals surface area contributed by atoms with Gasteiger partial charge >= 0.3 is 11.9 Å². The van der Waals surface area contributed by atoms with E-state index in [0.717, 1.165) is 38.5 Å². The minimum Gasteiger partial charge on any atom is -0.545 e. The monoisotopic (exact) mass is 978 g/mol. The van der Waals surface area contributed by atoms with Crippen LogP contribution in [0.2, 0.25) is 0 Å². The van der Waals surface area contributed by atoms with E-state index in [1.54, 1.807) is 0 Å². The Labute approximate surface area is 427 Å². The average Bonchev–Trinajstić information content (AvgIpc) is 3.31. The molecule has 0 fully saturated rings. The van der Waals surface area contributed by atoms with Gasteiger partial charge in [0.25, 0.3) is 0 Å². The van der Waals surface area contributed by atoms with E-state index in [2.05, 4.69) is 26.0 Å². The lowest BCUT2D eigenvalue weighted by Gasteiger charge is -2.26. The summed E-state index contributed by atoms with van der Waals surface area (Å²) in [6.45, 7) is 4.81. The minimum atomic E-state index is -1.62. The molecule has 0 N–H and O–H groups in total. The standard InChI is InChI=1S/C60H115NO8/c1-6-8-10-12-14-16-18-20-22-24-26-27-28-29-30-31-33-35-37-39-41-43-45-47-49-51-58(63)69-56(55-68-60(59(64)65)66-53-52-61(3,4)5)54-67-57(62)50-48-46-44-42-40-38-36-34-32-25-23-21-19-17-15-13-11-9-7-2/h24,26,56,60H,6-23,25,27-55H2,1-5H3/b26-24-. The summed E-state index contributed by atoms with van der Waals surface area (Å²) in [5, 5.41) is 11.8. The van der Waals surface area contributed by atoms with Gasteiger partial charge in [-0.2, -0.15) is 0 Å². The van der Waals surface area contributed by atoms with Crippen LogP contribution in [0.5, 0.6) is 0 Å². The molecule has 0 spiro atoms. The molecule has 0 saturated carbocycles. The zero-order valence-corrected chi connectivity index (χ0v) is 46.5. The van der Waals surface area contributed by atoms with Crippen molar-refractivity contribution in [2.45, 2.75) is 309 Å². The number of nitrogens with zero attached hydrogens (tertiary/aromatic N) is 1. The number of ether oxygens (including phenoxy) is 4. The quantitative estimate of drug-likeness (QED) is 0.0195. The summed E-state index contributed by atoms with van der Waals surface area (Å²) in [7, 11) is 5.93. The first-order valence-electron chi connectivity index (χ1n) is 29.8. The number of carbonyl (C=O) groups excluding carboxylic acids is 3. The number of unbranched alkanes of at least 4 members (excludes halogenated alkanes) is 39. The highest BCUT2D eigenvalue weighted by Crippen LogP contribution is 2.17. The molecule has 9 nitrogen and oxygen atoms in total. The molecule has 2 unspecified atom stereocenters. The van der Waals surface area contributed by atoms with Crippen molar-refractivity contribution in [2.24, 2.45) is 0 Å². The number of carboxylic acid groups (broad SMARTS) is 1. The maximum Gasteiger partial charge on any atom is 0.306 e. The molecule has 0 rings (SSSR count). The van der Waals surface area contributed by atoms with Gasteiger partial charge < -0.3 is 33.3 Å². The fraction of sp³-hybridized carbons (Fsp3) is 0.917. The predicted molar refractivity (Wildman–Crippen MR) is 288 cm³/mol. The highest BCUT2D eigenvalue weighted by Gasteiger charge is 2.22. The van der Waals surface area contributed by atoms with E-state index in [-0.39, 0.29) is 32.2 Å². The third-order valence-corrected chi connectivity index (χ3v) is 13.5. The van der Waals surface area contributed by atoms with Crippen molar-refractivity contribution in [3.63, 3.8) is 0 Å². The lowest BCUT2D eigenvalue weighted by Crippen LogP contribution is -2.44. The van der Waals surface area contributed by atoms with Gasteiger partial charge in [0.2, 0.25) is 0 Å². The number of hydrogen-bond acceptors (Lipinski definition) is 8. The molecule has 9 heteroatoms. The molecular weight excluding hydrogens is 863 g/mol. The Bertz CT molecular complexity index is 1140. The van der Waals surface area contributed by atoms with Gasteiger partial charge in [-0.3, -0.25) is 9.59 Å². The second-order valence-corrected chi connectivity index (χ2v) is 21.6. The van der Waals surface area contributed by atoms with Gasteiger partial charge in [0.15, 0.2) is 12.4 Å². The molecule has 0 aliphatic heterocycles. The maximum atomic E-state index is 12.9. The van der Waals surface area contributed by atoms with Crippen molar-refractivity contribution in [1.82, 2.24) is 0 Å². The highest BCUT2D eigenvalue weighted by atomic mass is 16.7. The van der Waals surface area contributed by atoms with Crippen LogP contribution in [0.15, 0.2) is 12.2 Å². The number of hydrogen-bond donors (Lipinski definition) is 0. The summed E-state index contributed by atoms with van der Waals surface area (Å²) in [5.74, 6) is -2.26. The summed E-state index contributed by atoms with van der Waals surface area (Å²) >= 11 is 0. The second-order valence-electron chi connectivity index (χ2n) is 21.6. The number of allylic oxidation sites excluding steroid dienone is 2. The minimum absolute atomic E-state index is 0.152. The van der Waals surface area contributed by atoms with Crippen LogP contribution in [-0.2, 0) is 33.3 Å². The SMILES string of the molecule is CCCCCCCCCC/C=C\CCCCCCCCCCCCCCCC(=O)OC(COC(=O)CCCCCCCCCCCCCCCCCCCCC)COC(OCC[N+](C)(C)C)C(=O)[O-]. The van der Waals surface area contributed by atoms with E-state index in [1.165, 1.54) is 231 Å². The van der Waals surface area contributed by atoms with Crippen molar-refractivity contribution in [1.29, 1.82) is 0 Å². The van der Waals surface area contributed by atoms with Crippen LogP contribution in [0.3, 0.4) is 0 Å². The molecule has 0 aliphatic rings. The van der Waals surface area contributed by atoms with E-state index >= 15 is 0 Å². The summed E-state index contributed by atoms with van der Waals surface area (Å²) in [6.07, 6.45) is 56.9. The molecule has 0 bridgehead atoms. The molecule has 0 radical (unpaired) electrons. The van der Waals surface area contributed by atoms with E-state index in [9.17, 15) is 19.5 Å². The Hall–Kier alpha value is -1.97. The van der Waals surface area contributed by atoms with Crippen LogP contribution < -0.4 is 5.11 Å². The summed E-state index contributed by atoms with van der Waals surface area (Å²) < 4.78 is 22.7. The van der Waals surface area contributed by atoms with E-state index in [1.807, 2.05) is 21.1 Å². The van der Waals surface area contributed by atoms with Crippen molar-refractivity contribution in [2.75, 3.05) is 47.5 Å². The van der Waals surface area contributed by atoms with Crippen LogP contribution in [0.4, 0.5) is 0 Å². The van der Waals surface area contributed by atoms with Crippen LogP contribution >= 0.6 is 0 Å². The predicted octanol–water partition coefficient (Wildman–Crippen LogP) is 16.0. The number of quaternary nitrogens is 1. The van der Waals surface area contributed by atoms with Gasteiger partial charge in [0.1, 0.15) is 13.2 Å². The van der Waals surface area contributed by atoms with Crippen LogP contribution in [0, 0.1) is 0 Å². The van der Waals surface area contributed by atoms with Crippen molar-refractivity contribution in [3.05, 3.63) is 12.2 Å². The Morgan fingerprint density at radius 3 is 1.07 bits per heavy atom. The Morgan fingerprint density at radius 2 is 0.739 bits per heavy atom. The fourth-order valence-electron chi connectivity index (χ4n) is 8.89. The van der Waals surface area contributed by atoms with Crippen LogP contribution in [0.1, 0.15) is 296 Å². The van der Waals surface area contributed by atoms with Gasteiger partial charge in [0, 0.05) is 12.8 Å². The smallest absolute Gasteiger partial charge is 0.306 e. The first-order valence-corrected chi connectivity index (χ1v) is 29.8. The summed E-state index contributed by atoms with van der Waals surface area (Å²) in [4.78, 5) is 37.3. The summed E-state index contributed by atoms with van der Waals surface area (Å²) in [5.41, 5.74) is 0. The first-order chi connectivity index (χ1) is 33.6. The maximum absolute atomic E-state index is 12.9. The van der Waals surface area contributed by atoms with Crippen LogP contribution in [0.25, 0.3) is 0 Å². The Morgan fingerprint density at radius 1 is 0.420 bits per heavy atom. The number of rotatable bonds is 56. The number of esters is 2. The van der Waals surface area contributed by atoms with E-state index < -0.39 is 24.3 Å². The highest BCUT2D eigenvalue weighted by molar-refractivity contribution is 5.70. The van der Waals surface area contributed by atoms with E-state index in [0.29, 0.717) is 17.4 Å². The molecule has 2 atom stereocenters. The number of carbonyl (C=O) groups is 3. The molecule has 0 saturated heterocycles. The Kier molecular flexibility index (Phi) is 50.9. The van der Waals surface area contributed by atoms with Crippen molar-refractivity contribution in [3.8, 4) is 0 Å². The van der Waals surface area contributed by atoms with E-state index in [4.69, 9.17) is 18.9 Å². The van der Waals surface area contributed by atoms with Gasteiger partial charge in [-0.15, -0.1) is 0 Å². The normalized spacial score (nSPS) is 12.8. The zero-order valence-electron chi connectivity index (χ0n) is 46.5. The number of likely N-dealkylation sites (N-methyl/N-ethyl adjacent to an activating group) is 1. The van der Waals surface area contributed by atoms with Crippen LogP contribution in [-0.4, -0.2) is 82.3 Å². The van der Waals surface area contributed by atoms with Crippen molar-refractivity contribution >= 4 is 17.9 Å².